The predicted octanol–water partition coefficient (Wildman–Crippen LogP) is 1.36. The van der Waals surface area contributed by atoms with Crippen molar-refractivity contribution < 1.29 is 23.1 Å². The summed E-state index contributed by atoms with van der Waals surface area (Å²) in [6, 6.07) is 6.56. The van der Waals surface area contributed by atoms with E-state index >= 15 is 0 Å². The Morgan fingerprint density at radius 1 is 1.26 bits per heavy atom. The Balaban J connectivity index is 1.81. The van der Waals surface area contributed by atoms with Crippen LogP contribution in [-0.2, 0) is 10.4 Å². The number of carbonyl (C=O) groups excluding carboxylic acids is 1. The molecule has 1 amide bonds. The predicted molar refractivity (Wildman–Crippen MR) is 77.4 cm³/mol. The number of hydrogen-bond acceptors (Lipinski definition) is 3. The van der Waals surface area contributed by atoms with Crippen LogP contribution in [0.2, 0.25) is 0 Å². The van der Waals surface area contributed by atoms with Crippen LogP contribution in [0, 0.1) is 17.8 Å². The molecule has 1 heterocycles. The zero-order chi connectivity index (χ0) is 16.8. The van der Waals surface area contributed by atoms with Gasteiger partial charge in [0, 0.05) is 18.7 Å². The van der Waals surface area contributed by atoms with Crippen molar-refractivity contribution in [1.82, 2.24) is 10.2 Å². The number of aliphatic hydroxyl groups is 1. The minimum Gasteiger partial charge on any atom is -0.369 e. The fourth-order valence-corrected chi connectivity index (χ4v) is 3.67. The minimum atomic E-state index is -5.07. The largest absolute Gasteiger partial charge is 0.430 e. The number of likely N-dealkylation sites (tertiary alicyclic amines) is 1. The van der Waals surface area contributed by atoms with Gasteiger partial charge < -0.3 is 15.3 Å². The van der Waals surface area contributed by atoms with E-state index in [0.717, 1.165) is 23.6 Å². The van der Waals surface area contributed by atoms with Crippen molar-refractivity contribution in [1.29, 1.82) is 0 Å². The first-order chi connectivity index (χ1) is 10.8. The molecule has 4 nitrogen and oxygen atoms in total. The summed E-state index contributed by atoms with van der Waals surface area (Å²) in [5, 5.41) is 13.3. The number of benzene rings is 1. The smallest absolute Gasteiger partial charge is 0.369 e. The molecule has 1 aromatic rings. The minimum absolute atomic E-state index is 0.236. The summed E-state index contributed by atoms with van der Waals surface area (Å²) in [4.78, 5) is 13.6. The topological polar surface area (TPSA) is 52.6 Å². The normalized spacial score (nSPS) is 29.1. The summed E-state index contributed by atoms with van der Waals surface area (Å²) < 4.78 is 40.5. The van der Waals surface area contributed by atoms with E-state index in [4.69, 9.17) is 0 Å². The third-order valence-corrected chi connectivity index (χ3v) is 5.01. The molecular weight excluding hydrogens is 309 g/mol. The first-order valence-corrected chi connectivity index (χ1v) is 7.59. The van der Waals surface area contributed by atoms with Gasteiger partial charge >= 0.3 is 6.18 Å². The van der Waals surface area contributed by atoms with Crippen LogP contribution in [0.4, 0.5) is 13.2 Å². The second-order valence-corrected chi connectivity index (χ2v) is 6.33. The Kier molecular flexibility index (Phi) is 3.88. The van der Waals surface area contributed by atoms with Crippen molar-refractivity contribution >= 4 is 5.91 Å². The summed E-state index contributed by atoms with van der Waals surface area (Å²) in [5.74, 6) is -0.384. The first-order valence-electron chi connectivity index (χ1n) is 7.59. The number of alkyl halides is 3. The van der Waals surface area contributed by atoms with Crippen LogP contribution in [0.15, 0.2) is 30.3 Å². The van der Waals surface area contributed by atoms with Crippen LogP contribution in [0.5, 0.6) is 0 Å². The molecule has 0 radical (unpaired) electrons. The lowest BCUT2D eigenvalue weighted by Crippen LogP contribution is -2.55. The fraction of sp³-hybridized carbons (Fsp3) is 0.562. The maximum Gasteiger partial charge on any atom is 0.430 e. The highest BCUT2D eigenvalue weighted by molar-refractivity contribution is 5.87. The maximum atomic E-state index is 13.5. The summed E-state index contributed by atoms with van der Waals surface area (Å²) in [6.45, 7) is 1.36. The van der Waals surface area contributed by atoms with Crippen LogP contribution in [0.25, 0.3) is 0 Å². The Hall–Kier alpha value is -1.60. The lowest BCUT2D eigenvalue weighted by molar-refractivity contribution is -0.261. The summed E-state index contributed by atoms with van der Waals surface area (Å²) in [6.07, 6.45) is -5.07. The van der Waals surface area contributed by atoms with Crippen molar-refractivity contribution in [2.75, 3.05) is 26.7 Å². The number of fused-ring (bicyclic) bond motifs is 1. The molecule has 0 spiro atoms. The zero-order valence-electron chi connectivity index (χ0n) is 12.7. The SMILES string of the molecule is CNCC1C2CN(C(=O)C(O)(c3ccccc3)C(F)(F)F)CC12. The van der Waals surface area contributed by atoms with Gasteiger partial charge in [0.15, 0.2) is 0 Å². The van der Waals surface area contributed by atoms with Crippen LogP contribution in [0.3, 0.4) is 0 Å². The van der Waals surface area contributed by atoms with Gasteiger partial charge in [0.05, 0.1) is 0 Å². The molecular formula is C16H19F3N2O2. The van der Waals surface area contributed by atoms with Crippen molar-refractivity contribution in [3.8, 4) is 0 Å². The number of hydrogen-bond donors (Lipinski definition) is 2. The van der Waals surface area contributed by atoms with E-state index in [1.807, 2.05) is 7.05 Å². The molecule has 23 heavy (non-hydrogen) atoms. The van der Waals surface area contributed by atoms with Gasteiger partial charge in [0.2, 0.25) is 0 Å². The summed E-state index contributed by atoms with van der Waals surface area (Å²) in [7, 11) is 1.83. The monoisotopic (exact) mass is 328 g/mol. The van der Waals surface area contributed by atoms with Crippen LogP contribution >= 0.6 is 0 Å². The van der Waals surface area contributed by atoms with Crippen LogP contribution in [-0.4, -0.2) is 48.8 Å². The Bertz CT molecular complexity index is 581. The molecule has 3 atom stereocenters. The average Bonchev–Trinajstić information content (AvgIpc) is 2.97. The molecule has 1 aromatic carbocycles. The second kappa shape index (κ2) is 5.49. The molecule has 2 fully saturated rings. The van der Waals surface area contributed by atoms with Crippen molar-refractivity contribution in [2.45, 2.75) is 11.8 Å². The molecule has 0 aromatic heterocycles. The van der Waals surface area contributed by atoms with Gasteiger partial charge in [0.1, 0.15) is 0 Å². The lowest BCUT2D eigenvalue weighted by Gasteiger charge is -2.34. The highest BCUT2D eigenvalue weighted by atomic mass is 19.4. The number of piperidine rings is 1. The van der Waals surface area contributed by atoms with Crippen molar-refractivity contribution in [3.05, 3.63) is 35.9 Å². The van der Waals surface area contributed by atoms with Crippen LogP contribution < -0.4 is 5.32 Å². The van der Waals surface area contributed by atoms with Crippen LogP contribution in [0.1, 0.15) is 5.56 Å². The number of halogens is 3. The molecule has 1 saturated carbocycles. The molecule has 2 aliphatic rings. The number of amides is 1. The molecule has 0 bridgehead atoms. The standard InChI is InChI=1S/C16H19F3N2O2/c1-20-7-11-12-8-21(9-13(11)12)14(22)15(23,16(17,18)19)10-5-3-2-4-6-10/h2-6,11-13,20,23H,7-9H2,1H3. The summed E-state index contributed by atoms with van der Waals surface area (Å²) >= 11 is 0. The molecule has 2 N–H and O–H groups in total. The fourth-order valence-electron chi connectivity index (χ4n) is 3.67. The first kappa shape index (κ1) is 16.3. The third kappa shape index (κ3) is 2.52. The average molecular weight is 328 g/mol. The highest BCUT2D eigenvalue weighted by Gasteiger charge is 2.65. The van der Waals surface area contributed by atoms with Gasteiger partial charge in [-0.3, -0.25) is 4.79 Å². The highest BCUT2D eigenvalue weighted by Crippen LogP contribution is 2.52. The third-order valence-electron chi connectivity index (χ3n) is 5.01. The Morgan fingerprint density at radius 2 is 1.83 bits per heavy atom. The van der Waals surface area contributed by atoms with Gasteiger partial charge in [-0.05, 0) is 31.3 Å². The van der Waals surface area contributed by atoms with E-state index in [0.29, 0.717) is 5.92 Å². The molecule has 3 rings (SSSR count). The Labute approximate surface area is 132 Å². The quantitative estimate of drug-likeness (QED) is 0.878. The second-order valence-electron chi connectivity index (χ2n) is 6.33. The van der Waals surface area contributed by atoms with Crippen molar-refractivity contribution in [3.63, 3.8) is 0 Å². The van der Waals surface area contributed by atoms with E-state index in [9.17, 15) is 23.1 Å². The van der Waals surface area contributed by atoms with Gasteiger partial charge in [-0.1, -0.05) is 30.3 Å². The molecule has 1 aliphatic heterocycles. The van der Waals surface area contributed by atoms with Gasteiger partial charge in [0.25, 0.3) is 11.5 Å². The van der Waals surface area contributed by atoms with E-state index in [-0.39, 0.29) is 24.9 Å². The molecule has 1 aliphatic carbocycles. The zero-order valence-corrected chi connectivity index (χ0v) is 12.7. The number of nitrogens with one attached hydrogen (secondary N) is 1. The number of nitrogens with zero attached hydrogens (tertiary/aromatic N) is 1. The van der Waals surface area contributed by atoms with Crippen molar-refractivity contribution in [2.24, 2.45) is 17.8 Å². The van der Waals surface area contributed by atoms with Gasteiger partial charge in [-0.25, -0.2) is 0 Å². The molecule has 1 saturated heterocycles. The molecule has 3 unspecified atom stereocenters. The number of carbonyl (C=O) groups is 1. The van der Waals surface area contributed by atoms with Gasteiger partial charge in [-0.15, -0.1) is 0 Å². The number of rotatable bonds is 4. The maximum absolute atomic E-state index is 13.5. The molecule has 7 heteroatoms. The van der Waals surface area contributed by atoms with E-state index in [1.165, 1.54) is 18.2 Å². The molecule has 126 valence electrons. The Morgan fingerprint density at radius 3 is 2.30 bits per heavy atom. The summed E-state index contributed by atoms with van der Waals surface area (Å²) in [5.41, 5.74) is -3.92. The lowest BCUT2D eigenvalue weighted by atomic mass is 9.91. The van der Waals surface area contributed by atoms with E-state index in [2.05, 4.69) is 5.32 Å². The van der Waals surface area contributed by atoms with Gasteiger partial charge in [-0.2, -0.15) is 13.2 Å². The van der Waals surface area contributed by atoms with E-state index < -0.39 is 23.2 Å². The van der Waals surface area contributed by atoms with E-state index in [1.54, 1.807) is 0 Å².